The minimum absolute atomic E-state index is 0.0866. The highest BCUT2D eigenvalue weighted by atomic mass is 35.5. The van der Waals surface area contributed by atoms with Crippen LogP contribution in [0.15, 0.2) is 6.20 Å². The molecule has 0 aliphatic rings. The molecule has 1 aromatic rings. The molecule has 0 aromatic carbocycles. The molecule has 0 amide bonds. The molecule has 1 aromatic heterocycles. The largest absolute Gasteiger partial charge is 0.466 e. The van der Waals surface area contributed by atoms with Gasteiger partial charge >= 0.3 is 5.97 Å². The van der Waals surface area contributed by atoms with Gasteiger partial charge in [-0.05, 0) is 6.92 Å². The van der Waals surface area contributed by atoms with Crippen molar-refractivity contribution in [1.82, 2.24) is 4.98 Å². The summed E-state index contributed by atoms with van der Waals surface area (Å²) >= 11 is 5.37. The summed E-state index contributed by atoms with van der Waals surface area (Å²) in [5, 5.41) is -0.548. The molecule has 0 aliphatic carbocycles. The van der Waals surface area contributed by atoms with Crippen molar-refractivity contribution in [3.8, 4) is 0 Å². The molecule has 0 fully saturated rings. The molecule has 94 valence electrons. The van der Waals surface area contributed by atoms with Gasteiger partial charge in [-0.1, -0.05) is 11.6 Å². The number of ether oxygens (including phenoxy) is 1. The van der Waals surface area contributed by atoms with E-state index in [1.54, 1.807) is 6.92 Å². The quantitative estimate of drug-likeness (QED) is 0.622. The second kappa shape index (κ2) is 5.86. The topological polar surface area (TPSA) is 39.2 Å². The number of hydrogen-bond donors (Lipinski definition) is 0. The van der Waals surface area contributed by atoms with Gasteiger partial charge in [-0.25, -0.2) is 18.2 Å². The molecule has 7 heteroatoms. The zero-order chi connectivity index (χ0) is 13.0. The van der Waals surface area contributed by atoms with Gasteiger partial charge in [0.25, 0.3) is 6.43 Å². The van der Waals surface area contributed by atoms with Crippen LogP contribution in [0.3, 0.4) is 0 Å². The first-order valence-electron chi connectivity index (χ1n) is 4.73. The normalized spacial score (nSPS) is 10.7. The van der Waals surface area contributed by atoms with Crippen LogP contribution in [0.25, 0.3) is 0 Å². The second-order valence-corrected chi connectivity index (χ2v) is 3.44. The van der Waals surface area contributed by atoms with Crippen molar-refractivity contribution in [2.45, 2.75) is 19.8 Å². The van der Waals surface area contributed by atoms with E-state index in [9.17, 15) is 18.0 Å². The van der Waals surface area contributed by atoms with Crippen LogP contribution < -0.4 is 0 Å². The van der Waals surface area contributed by atoms with Crippen LogP contribution in [0.5, 0.6) is 0 Å². The number of alkyl halides is 2. The van der Waals surface area contributed by atoms with Gasteiger partial charge in [-0.15, -0.1) is 0 Å². The molecule has 0 saturated carbocycles. The molecule has 0 atom stereocenters. The number of aromatic nitrogens is 1. The number of rotatable bonds is 4. The van der Waals surface area contributed by atoms with Crippen molar-refractivity contribution in [2.24, 2.45) is 0 Å². The monoisotopic (exact) mass is 267 g/mol. The van der Waals surface area contributed by atoms with E-state index in [0.717, 1.165) is 6.20 Å². The van der Waals surface area contributed by atoms with Crippen LogP contribution in [0, 0.1) is 5.82 Å². The molecular formula is C10H9ClF3NO2. The molecular weight excluding hydrogens is 259 g/mol. The van der Waals surface area contributed by atoms with E-state index in [1.807, 2.05) is 0 Å². The number of pyridine rings is 1. The molecule has 0 unspecified atom stereocenters. The van der Waals surface area contributed by atoms with Gasteiger partial charge in [-0.2, -0.15) is 0 Å². The summed E-state index contributed by atoms with van der Waals surface area (Å²) in [6.45, 7) is 1.64. The number of esters is 1. The summed E-state index contributed by atoms with van der Waals surface area (Å²) in [7, 11) is 0. The van der Waals surface area contributed by atoms with Gasteiger partial charge in [0, 0.05) is 17.3 Å². The van der Waals surface area contributed by atoms with E-state index in [4.69, 9.17) is 11.6 Å². The fraction of sp³-hybridized carbons (Fsp3) is 0.400. The van der Waals surface area contributed by atoms with Gasteiger partial charge in [-0.3, -0.25) is 4.79 Å². The van der Waals surface area contributed by atoms with Crippen LogP contribution >= 0.6 is 11.6 Å². The standard InChI is InChI=1S/C10H9ClF3NO2/c1-2-17-7(16)3-5-6(10(13)14)4-15-9(11)8(5)12/h4,10H,2-3H2,1H3. The Morgan fingerprint density at radius 1 is 1.59 bits per heavy atom. The van der Waals surface area contributed by atoms with Crippen LogP contribution in [0.2, 0.25) is 5.15 Å². The van der Waals surface area contributed by atoms with Crippen molar-refractivity contribution in [1.29, 1.82) is 0 Å². The van der Waals surface area contributed by atoms with E-state index in [2.05, 4.69) is 9.72 Å². The maximum Gasteiger partial charge on any atom is 0.310 e. The summed E-state index contributed by atoms with van der Waals surface area (Å²) < 4.78 is 43.2. The Bertz CT molecular complexity index is 426. The Hall–Kier alpha value is -1.30. The summed E-state index contributed by atoms with van der Waals surface area (Å²) in [6.07, 6.45) is -2.77. The fourth-order valence-electron chi connectivity index (χ4n) is 1.24. The summed E-state index contributed by atoms with van der Waals surface area (Å²) in [4.78, 5) is 14.4. The molecule has 0 aliphatic heterocycles. The molecule has 1 rings (SSSR count). The molecule has 0 saturated heterocycles. The SMILES string of the molecule is CCOC(=O)Cc1c(C(F)F)cnc(Cl)c1F. The molecule has 0 bridgehead atoms. The third kappa shape index (κ3) is 3.33. The predicted octanol–water partition coefficient (Wildman–Crippen LogP) is 2.92. The van der Waals surface area contributed by atoms with Crippen LogP contribution in [-0.2, 0) is 16.0 Å². The number of hydrogen-bond acceptors (Lipinski definition) is 3. The highest BCUT2D eigenvalue weighted by Gasteiger charge is 2.22. The van der Waals surface area contributed by atoms with Crippen LogP contribution in [-0.4, -0.2) is 17.6 Å². The zero-order valence-electron chi connectivity index (χ0n) is 8.84. The van der Waals surface area contributed by atoms with Gasteiger partial charge in [0.05, 0.1) is 13.0 Å². The first kappa shape index (κ1) is 13.8. The van der Waals surface area contributed by atoms with Gasteiger partial charge < -0.3 is 4.74 Å². The Labute approximate surface area is 101 Å². The van der Waals surface area contributed by atoms with Gasteiger partial charge in [0.1, 0.15) is 0 Å². The molecule has 0 spiro atoms. The fourth-order valence-corrected chi connectivity index (χ4v) is 1.40. The average Bonchev–Trinajstić information content (AvgIpc) is 2.25. The van der Waals surface area contributed by atoms with Crippen LogP contribution in [0.4, 0.5) is 13.2 Å². The summed E-state index contributed by atoms with van der Waals surface area (Å²) in [5.74, 6) is -1.91. The Morgan fingerprint density at radius 3 is 2.76 bits per heavy atom. The maximum absolute atomic E-state index is 13.5. The zero-order valence-corrected chi connectivity index (χ0v) is 9.60. The Morgan fingerprint density at radius 2 is 2.24 bits per heavy atom. The lowest BCUT2D eigenvalue weighted by molar-refractivity contribution is -0.142. The molecule has 1 heterocycles. The third-order valence-electron chi connectivity index (χ3n) is 1.97. The average molecular weight is 268 g/mol. The van der Waals surface area contributed by atoms with Crippen molar-refractivity contribution in [3.05, 3.63) is 28.3 Å². The van der Waals surface area contributed by atoms with Crippen molar-refractivity contribution < 1.29 is 22.7 Å². The van der Waals surface area contributed by atoms with Crippen molar-refractivity contribution in [2.75, 3.05) is 6.61 Å². The molecule has 3 nitrogen and oxygen atoms in total. The first-order valence-corrected chi connectivity index (χ1v) is 5.11. The molecule has 17 heavy (non-hydrogen) atoms. The van der Waals surface area contributed by atoms with Crippen LogP contribution in [0.1, 0.15) is 24.5 Å². The molecule has 0 radical (unpaired) electrons. The smallest absolute Gasteiger partial charge is 0.310 e. The predicted molar refractivity (Wildman–Crippen MR) is 54.5 cm³/mol. The second-order valence-electron chi connectivity index (χ2n) is 3.08. The maximum atomic E-state index is 13.5. The van der Waals surface area contributed by atoms with Gasteiger partial charge in [0.2, 0.25) is 0 Å². The van der Waals surface area contributed by atoms with E-state index in [1.165, 1.54) is 0 Å². The van der Waals surface area contributed by atoms with E-state index in [0.29, 0.717) is 0 Å². The minimum Gasteiger partial charge on any atom is -0.466 e. The minimum atomic E-state index is -2.93. The lowest BCUT2D eigenvalue weighted by Gasteiger charge is -2.09. The molecule has 0 N–H and O–H groups in total. The Balaban J connectivity index is 3.10. The van der Waals surface area contributed by atoms with E-state index >= 15 is 0 Å². The van der Waals surface area contributed by atoms with Crippen molar-refractivity contribution in [3.63, 3.8) is 0 Å². The highest BCUT2D eigenvalue weighted by molar-refractivity contribution is 6.29. The number of nitrogens with zero attached hydrogens (tertiary/aromatic N) is 1. The van der Waals surface area contributed by atoms with Crippen molar-refractivity contribution >= 4 is 17.6 Å². The lowest BCUT2D eigenvalue weighted by Crippen LogP contribution is -2.12. The number of halogens is 4. The van der Waals surface area contributed by atoms with E-state index in [-0.39, 0.29) is 6.61 Å². The lowest BCUT2D eigenvalue weighted by atomic mass is 10.1. The summed E-state index contributed by atoms with van der Waals surface area (Å²) in [6, 6.07) is 0. The number of carbonyl (C=O) groups excluding carboxylic acids is 1. The Kier molecular flexibility index (Phi) is 4.74. The third-order valence-corrected chi connectivity index (χ3v) is 2.24. The summed E-state index contributed by atoms with van der Waals surface area (Å²) in [5.41, 5.74) is -1.13. The highest BCUT2D eigenvalue weighted by Crippen LogP contribution is 2.27. The van der Waals surface area contributed by atoms with Gasteiger partial charge in [0.15, 0.2) is 11.0 Å². The first-order chi connectivity index (χ1) is 7.97. The van der Waals surface area contributed by atoms with E-state index < -0.39 is 40.9 Å². The number of carbonyl (C=O) groups is 1.